The van der Waals surface area contributed by atoms with Crippen LogP contribution in [0.2, 0.25) is 0 Å². The molecule has 0 aromatic heterocycles. The van der Waals surface area contributed by atoms with Gasteiger partial charge in [0.05, 0.1) is 18.1 Å². The van der Waals surface area contributed by atoms with Crippen LogP contribution in [0.4, 0.5) is 11.4 Å². The van der Waals surface area contributed by atoms with Crippen LogP contribution in [0, 0.1) is 5.92 Å². The van der Waals surface area contributed by atoms with Gasteiger partial charge in [-0.05, 0) is 48.7 Å². The molecule has 0 aliphatic carbocycles. The van der Waals surface area contributed by atoms with Gasteiger partial charge in [-0.3, -0.25) is 4.79 Å². The number of ether oxygens (including phenoxy) is 1. The van der Waals surface area contributed by atoms with Gasteiger partial charge in [0.2, 0.25) is 15.9 Å². The maximum absolute atomic E-state index is 12.9. The number of morpholine rings is 1. The summed E-state index contributed by atoms with van der Waals surface area (Å²) < 4.78 is 33.3. The number of sulfonamides is 1. The van der Waals surface area contributed by atoms with Crippen LogP contribution in [0.1, 0.15) is 20.3 Å². The number of carbonyl (C=O) groups excluding carboxylic acids is 1. The van der Waals surface area contributed by atoms with Crippen LogP contribution >= 0.6 is 0 Å². The molecule has 8 heteroatoms. The fraction of sp³-hybridized carbons (Fsp3) is 0.409. The van der Waals surface area contributed by atoms with E-state index in [1.54, 1.807) is 18.2 Å². The third-order valence-corrected chi connectivity index (χ3v) is 6.37. The van der Waals surface area contributed by atoms with Gasteiger partial charge in [0.1, 0.15) is 6.04 Å². The zero-order chi connectivity index (χ0) is 21.6. The number of rotatable bonds is 8. The number of nitrogens with zero attached hydrogens (tertiary/aromatic N) is 1. The first-order chi connectivity index (χ1) is 14.3. The second kappa shape index (κ2) is 10.1. The molecule has 1 amide bonds. The summed E-state index contributed by atoms with van der Waals surface area (Å²) in [5.74, 6) is -0.231. The van der Waals surface area contributed by atoms with Crippen LogP contribution in [0.25, 0.3) is 0 Å². The first kappa shape index (κ1) is 22.3. The molecule has 1 atom stereocenters. The minimum Gasteiger partial charge on any atom is -0.378 e. The Morgan fingerprint density at radius 3 is 2.27 bits per heavy atom. The van der Waals surface area contributed by atoms with Gasteiger partial charge in [-0.2, -0.15) is 4.72 Å². The van der Waals surface area contributed by atoms with Crippen LogP contribution in [0.3, 0.4) is 0 Å². The summed E-state index contributed by atoms with van der Waals surface area (Å²) >= 11 is 0. The Morgan fingerprint density at radius 1 is 1.03 bits per heavy atom. The largest absolute Gasteiger partial charge is 0.378 e. The standard InChI is InChI=1S/C22H29N3O4S/c1-17(2)16-21(24-30(27,28)20-6-4-3-5-7-20)22(26)23-18-8-10-19(11-9-18)25-12-14-29-15-13-25/h3-11,17,21,24H,12-16H2,1-2H3,(H,23,26). The smallest absolute Gasteiger partial charge is 0.242 e. The lowest BCUT2D eigenvalue weighted by molar-refractivity contribution is -0.118. The van der Waals surface area contributed by atoms with Crippen molar-refractivity contribution in [2.75, 3.05) is 36.5 Å². The molecule has 1 heterocycles. The highest BCUT2D eigenvalue weighted by molar-refractivity contribution is 7.89. The Bertz CT molecular complexity index is 925. The monoisotopic (exact) mass is 431 g/mol. The fourth-order valence-corrected chi connectivity index (χ4v) is 4.57. The van der Waals surface area contributed by atoms with Crippen LogP contribution in [0.15, 0.2) is 59.5 Å². The van der Waals surface area contributed by atoms with Gasteiger partial charge in [-0.1, -0.05) is 32.0 Å². The van der Waals surface area contributed by atoms with Gasteiger partial charge in [-0.25, -0.2) is 8.42 Å². The molecule has 7 nitrogen and oxygen atoms in total. The SMILES string of the molecule is CC(C)CC(NS(=O)(=O)c1ccccc1)C(=O)Nc1ccc(N2CCOCC2)cc1. The Hall–Kier alpha value is -2.42. The molecule has 1 fully saturated rings. The number of benzene rings is 2. The van der Waals surface area contributed by atoms with Crippen molar-refractivity contribution in [3.63, 3.8) is 0 Å². The highest BCUT2D eigenvalue weighted by Crippen LogP contribution is 2.20. The average Bonchev–Trinajstić information content (AvgIpc) is 2.74. The maximum Gasteiger partial charge on any atom is 0.242 e. The van der Waals surface area contributed by atoms with Crippen molar-refractivity contribution in [3.05, 3.63) is 54.6 Å². The average molecular weight is 432 g/mol. The lowest BCUT2D eigenvalue weighted by Gasteiger charge is -2.29. The highest BCUT2D eigenvalue weighted by Gasteiger charge is 2.26. The molecule has 0 saturated carbocycles. The minimum atomic E-state index is -3.79. The minimum absolute atomic E-state index is 0.140. The van der Waals surface area contributed by atoms with Crippen molar-refractivity contribution < 1.29 is 17.9 Å². The summed E-state index contributed by atoms with van der Waals surface area (Å²) in [6, 6.07) is 14.8. The highest BCUT2D eigenvalue weighted by atomic mass is 32.2. The number of nitrogens with one attached hydrogen (secondary N) is 2. The molecule has 2 aromatic carbocycles. The van der Waals surface area contributed by atoms with E-state index in [1.807, 2.05) is 38.1 Å². The summed E-state index contributed by atoms with van der Waals surface area (Å²) in [4.78, 5) is 15.2. The molecule has 30 heavy (non-hydrogen) atoms. The van der Waals surface area contributed by atoms with E-state index in [0.29, 0.717) is 25.3 Å². The molecule has 1 saturated heterocycles. The van der Waals surface area contributed by atoms with Crippen LogP contribution < -0.4 is 14.9 Å². The van der Waals surface area contributed by atoms with E-state index < -0.39 is 16.1 Å². The lowest BCUT2D eigenvalue weighted by atomic mass is 10.0. The summed E-state index contributed by atoms with van der Waals surface area (Å²) in [5.41, 5.74) is 1.70. The predicted molar refractivity (Wildman–Crippen MR) is 118 cm³/mol. The molecule has 1 aliphatic heterocycles. The number of amides is 1. The third-order valence-electron chi connectivity index (χ3n) is 4.89. The van der Waals surface area contributed by atoms with Crippen molar-refractivity contribution >= 4 is 27.3 Å². The van der Waals surface area contributed by atoms with Crippen LogP contribution in [0.5, 0.6) is 0 Å². The van der Waals surface area contributed by atoms with E-state index in [4.69, 9.17) is 4.74 Å². The molecule has 2 N–H and O–H groups in total. The lowest BCUT2D eigenvalue weighted by Crippen LogP contribution is -2.44. The van der Waals surface area contributed by atoms with Gasteiger partial charge >= 0.3 is 0 Å². The first-order valence-electron chi connectivity index (χ1n) is 10.2. The van der Waals surface area contributed by atoms with Crippen molar-refractivity contribution in [2.45, 2.75) is 31.2 Å². The normalized spacial score (nSPS) is 15.8. The zero-order valence-electron chi connectivity index (χ0n) is 17.4. The van der Waals surface area contributed by atoms with Crippen molar-refractivity contribution in [2.24, 2.45) is 5.92 Å². The molecule has 0 bridgehead atoms. The zero-order valence-corrected chi connectivity index (χ0v) is 18.2. The number of anilines is 2. The molecule has 162 valence electrons. The summed E-state index contributed by atoms with van der Waals surface area (Å²) in [7, 11) is -3.79. The van der Waals surface area contributed by atoms with Gasteiger partial charge in [-0.15, -0.1) is 0 Å². The van der Waals surface area contributed by atoms with Crippen LogP contribution in [-0.2, 0) is 19.6 Å². The molecule has 0 spiro atoms. The van der Waals surface area contributed by atoms with Crippen molar-refractivity contribution in [1.29, 1.82) is 0 Å². The molecule has 1 unspecified atom stereocenters. The van der Waals surface area contributed by atoms with Gasteiger partial charge in [0, 0.05) is 24.5 Å². The Labute approximate surface area is 178 Å². The Morgan fingerprint density at radius 2 is 1.67 bits per heavy atom. The predicted octanol–water partition coefficient (Wildman–Crippen LogP) is 2.85. The van der Waals surface area contributed by atoms with Crippen molar-refractivity contribution in [3.8, 4) is 0 Å². The van der Waals surface area contributed by atoms with Gasteiger partial charge < -0.3 is 15.0 Å². The summed E-state index contributed by atoms with van der Waals surface area (Å²) in [5, 5.41) is 2.84. The van der Waals surface area contributed by atoms with Crippen molar-refractivity contribution in [1.82, 2.24) is 4.72 Å². The Kier molecular flexibility index (Phi) is 7.47. The van der Waals surface area contributed by atoms with E-state index in [1.165, 1.54) is 12.1 Å². The van der Waals surface area contributed by atoms with Crippen LogP contribution in [-0.4, -0.2) is 46.7 Å². The van der Waals surface area contributed by atoms with E-state index in [9.17, 15) is 13.2 Å². The topological polar surface area (TPSA) is 87.7 Å². The number of hydrogen-bond donors (Lipinski definition) is 2. The quantitative estimate of drug-likeness (QED) is 0.671. The second-order valence-corrected chi connectivity index (χ2v) is 9.47. The molecular weight excluding hydrogens is 402 g/mol. The molecule has 1 aliphatic rings. The maximum atomic E-state index is 12.9. The third kappa shape index (κ3) is 6.04. The van der Waals surface area contributed by atoms with E-state index in [0.717, 1.165) is 18.8 Å². The second-order valence-electron chi connectivity index (χ2n) is 7.75. The Balaban J connectivity index is 1.69. The molecular formula is C22H29N3O4S. The first-order valence-corrected chi connectivity index (χ1v) is 11.6. The van der Waals surface area contributed by atoms with E-state index >= 15 is 0 Å². The number of carbonyl (C=O) groups is 1. The number of hydrogen-bond acceptors (Lipinski definition) is 5. The summed E-state index contributed by atoms with van der Waals surface area (Å²) in [6.07, 6.45) is 0.393. The molecule has 3 rings (SSSR count). The van der Waals surface area contributed by atoms with E-state index in [-0.39, 0.29) is 16.7 Å². The van der Waals surface area contributed by atoms with Gasteiger partial charge in [0.15, 0.2) is 0 Å². The molecule has 2 aromatic rings. The van der Waals surface area contributed by atoms with Gasteiger partial charge in [0.25, 0.3) is 0 Å². The molecule has 0 radical (unpaired) electrons. The fourth-order valence-electron chi connectivity index (χ4n) is 3.34. The summed E-state index contributed by atoms with van der Waals surface area (Å²) in [6.45, 7) is 6.99. The van der Waals surface area contributed by atoms with E-state index in [2.05, 4.69) is 14.9 Å².